The molecule has 0 aliphatic carbocycles. The zero-order valence-corrected chi connectivity index (χ0v) is 18.9. The van der Waals surface area contributed by atoms with E-state index in [-0.39, 0.29) is 6.04 Å². The van der Waals surface area contributed by atoms with Gasteiger partial charge in [-0.15, -0.1) is 0 Å². The Balaban J connectivity index is 1.62. The number of para-hydroxylation sites is 1. The average molecular weight is 446 g/mol. The van der Waals surface area contributed by atoms with Gasteiger partial charge in [-0.2, -0.15) is 0 Å². The van der Waals surface area contributed by atoms with Gasteiger partial charge in [0.25, 0.3) is 11.8 Å². The first kappa shape index (κ1) is 23.6. The van der Waals surface area contributed by atoms with E-state index < -0.39 is 41.7 Å². The molecule has 0 saturated carbocycles. The Hall–Kier alpha value is -3.11. The Morgan fingerprint density at radius 2 is 1.88 bits per heavy atom. The Bertz CT molecular complexity index is 1010. The maximum absolute atomic E-state index is 12.7. The summed E-state index contributed by atoms with van der Waals surface area (Å²) in [5, 5.41) is 16.5. The zero-order valence-electron chi connectivity index (χ0n) is 18.9. The first-order valence-corrected chi connectivity index (χ1v) is 10.6. The number of H-pyrrole nitrogens is 1. The monoisotopic (exact) mass is 445 g/mol. The van der Waals surface area contributed by atoms with Crippen LogP contribution in [0.25, 0.3) is 10.9 Å². The molecule has 1 aliphatic heterocycles. The molecule has 6 N–H and O–H groups in total. The molecule has 0 spiro atoms. The molecule has 3 amide bonds. The number of carbonyl (C=O) groups excluding carboxylic acids is 3. The van der Waals surface area contributed by atoms with E-state index >= 15 is 0 Å². The zero-order chi connectivity index (χ0) is 23.6. The van der Waals surface area contributed by atoms with E-state index in [0.717, 1.165) is 22.2 Å². The molecule has 2 aromatic rings. The van der Waals surface area contributed by atoms with Gasteiger partial charge in [-0.1, -0.05) is 18.2 Å². The van der Waals surface area contributed by atoms with Crippen LogP contribution in [0.1, 0.15) is 51.9 Å². The van der Waals surface area contributed by atoms with E-state index in [4.69, 9.17) is 4.74 Å². The number of carbonyl (C=O) groups is 3. The van der Waals surface area contributed by atoms with E-state index in [1.54, 1.807) is 20.8 Å². The SMILES string of the molecule is C[C@@H]1N[C@H](C(=O)NNC(=O)[C@@H](NC(=O)OC(C)(C)C)[C@@H](C)O)Cc2c1[nH]c1ccccc21. The molecule has 0 radical (unpaired) electrons. The lowest BCUT2D eigenvalue weighted by atomic mass is 9.94. The number of hydrogen-bond donors (Lipinski definition) is 6. The molecule has 174 valence electrons. The number of fused-ring (bicyclic) bond motifs is 3. The standard InChI is InChI=1S/C22H31N5O5/c1-11-17-14(13-8-6-7-9-15(13)24-17)10-16(23-11)19(29)26-27-20(30)18(12(2)28)25-21(31)32-22(3,4)5/h6-9,11-12,16,18,23-24,28H,10H2,1-5H3,(H,25,31)(H,26,29)(H,27,30)/t11-,12+,16-,18-/m0/s1. The Morgan fingerprint density at radius 3 is 2.53 bits per heavy atom. The van der Waals surface area contributed by atoms with Gasteiger partial charge in [0.05, 0.1) is 12.1 Å². The lowest BCUT2D eigenvalue weighted by Crippen LogP contribution is -2.59. The summed E-state index contributed by atoms with van der Waals surface area (Å²) in [7, 11) is 0. The maximum atomic E-state index is 12.7. The minimum absolute atomic E-state index is 0.0864. The van der Waals surface area contributed by atoms with Crippen LogP contribution < -0.4 is 21.5 Å². The summed E-state index contributed by atoms with van der Waals surface area (Å²) in [5.41, 5.74) is 7.01. The molecule has 10 nitrogen and oxygen atoms in total. The van der Waals surface area contributed by atoms with Crippen LogP contribution in [0.4, 0.5) is 4.79 Å². The lowest BCUT2D eigenvalue weighted by molar-refractivity contribution is -0.132. The second kappa shape index (κ2) is 9.17. The van der Waals surface area contributed by atoms with Crippen LogP contribution in [0.5, 0.6) is 0 Å². The van der Waals surface area contributed by atoms with Gasteiger partial charge in [0.2, 0.25) is 0 Å². The van der Waals surface area contributed by atoms with E-state index in [1.807, 2.05) is 31.2 Å². The summed E-state index contributed by atoms with van der Waals surface area (Å²) < 4.78 is 5.12. The second-order valence-electron chi connectivity index (χ2n) is 9.05. The molecule has 0 saturated heterocycles. The third kappa shape index (κ3) is 5.38. The summed E-state index contributed by atoms with van der Waals surface area (Å²) in [6, 6.07) is 5.94. The highest BCUT2D eigenvalue weighted by Crippen LogP contribution is 2.31. The topological polar surface area (TPSA) is 145 Å². The third-order valence-corrected chi connectivity index (χ3v) is 5.20. The minimum atomic E-state index is -1.30. The second-order valence-corrected chi connectivity index (χ2v) is 9.05. The summed E-state index contributed by atoms with van der Waals surface area (Å²) in [6.07, 6.45) is -1.61. The number of hydrazine groups is 1. The molecular weight excluding hydrogens is 414 g/mol. The van der Waals surface area contributed by atoms with E-state index in [0.29, 0.717) is 6.42 Å². The number of ether oxygens (including phenoxy) is 1. The van der Waals surface area contributed by atoms with Crippen LogP contribution in [-0.4, -0.2) is 51.8 Å². The molecule has 0 fully saturated rings. The number of benzene rings is 1. The number of aromatic amines is 1. The van der Waals surface area contributed by atoms with Crippen molar-refractivity contribution >= 4 is 28.8 Å². The van der Waals surface area contributed by atoms with E-state index in [1.165, 1.54) is 6.92 Å². The van der Waals surface area contributed by atoms with Crippen LogP contribution >= 0.6 is 0 Å². The molecule has 3 rings (SSSR count). The van der Waals surface area contributed by atoms with Crippen LogP contribution in [0.15, 0.2) is 24.3 Å². The quantitative estimate of drug-likeness (QED) is 0.390. The number of amides is 3. The number of alkyl carbamates (subject to hydrolysis) is 1. The van der Waals surface area contributed by atoms with Crippen molar-refractivity contribution in [3.8, 4) is 0 Å². The van der Waals surface area contributed by atoms with Gasteiger partial charge in [-0.05, 0) is 52.7 Å². The highest BCUT2D eigenvalue weighted by atomic mass is 16.6. The minimum Gasteiger partial charge on any atom is -0.444 e. The van der Waals surface area contributed by atoms with Crippen molar-refractivity contribution in [2.24, 2.45) is 0 Å². The summed E-state index contributed by atoms with van der Waals surface area (Å²) in [4.78, 5) is 40.6. The largest absolute Gasteiger partial charge is 0.444 e. The molecule has 1 aromatic carbocycles. The number of nitrogens with one attached hydrogen (secondary N) is 5. The Labute approximate surface area is 186 Å². The molecule has 32 heavy (non-hydrogen) atoms. The fourth-order valence-electron chi connectivity index (χ4n) is 3.75. The Morgan fingerprint density at radius 1 is 1.19 bits per heavy atom. The van der Waals surface area contributed by atoms with Crippen molar-refractivity contribution in [1.82, 2.24) is 26.5 Å². The van der Waals surface area contributed by atoms with Gasteiger partial charge in [0.1, 0.15) is 11.6 Å². The molecule has 10 heteroatoms. The predicted octanol–water partition coefficient (Wildman–Crippen LogP) is 1.16. The normalized spacial score (nSPS) is 20.1. The van der Waals surface area contributed by atoms with Gasteiger partial charge < -0.3 is 20.1 Å². The summed E-state index contributed by atoms with van der Waals surface area (Å²) in [5.74, 6) is -1.20. The van der Waals surface area contributed by atoms with Gasteiger partial charge in [0, 0.05) is 22.6 Å². The number of aliphatic hydroxyl groups is 1. The van der Waals surface area contributed by atoms with E-state index in [9.17, 15) is 19.5 Å². The number of rotatable bonds is 4. The fraction of sp³-hybridized carbons (Fsp3) is 0.500. The van der Waals surface area contributed by atoms with Crippen molar-refractivity contribution in [3.63, 3.8) is 0 Å². The van der Waals surface area contributed by atoms with Gasteiger partial charge >= 0.3 is 6.09 Å². The summed E-state index contributed by atoms with van der Waals surface area (Å²) >= 11 is 0. The number of hydrogen-bond acceptors (Lipinski definition) is 6. The first-order valence-electron chi connectivity index (χ1n) is 10.6. The predicted molar refractivity (Wildman–Crippen MR) is 118 cm³/mol. The highest BCUT2D eigenvalue weighted by Gasteiger charge is 2.32. The van der Waals surface area contributed by atoms with E-state index in [2.05, 4.69) is 26.5 Å². The van der Waals surface area contributed by atoms with Crippen LogP contribution in [-0.2, 0) is 20.7 Å². The smallest absolute Gasteiger partial charge is 0.408 e. The van der Waals surface area contributed by atoms with Crippen LogP contribution in [0, 0.1) is 0 Å². The van der Waals surface area contributed by atoms with Crippen LogP contribution in [0.2, 0.25) is 0 Å². The number of aliphatic hydroxyl groups excluding tert-OH is 1. The average Bonchev–Trinajstić information content (AvgIpc) is 3.08. The third-order valence-electron chi connectivity index (χ3n) is 5.20. The molecule has 0 unspecified atom stereocenters. The number of aromatic nitrogens is 1. The Kier molecular flexibility index (Phi) is 6.75. The molecule has 0 bridgehead atoms. The van der Waals surface area contributed by atoms with Gasteiger partial charge in [-0.3, -0.25) is 25.8 Å². The molecule has 2 heterocycles. The summed E-state index contributed by atoms with van der Waals surface area (Å²) in [6.45, 7) is 8.36. The fourth-order valence-corrected chi connectivity index (χ4v) is 3.75. The molecular formula is C22H31N5O5. The van der Waals surface area contributed by atoms with Crippen molar-refractivity contribution in [2.75, 3.05) is 0 Å². The molecule has 1 aliphatic rings. The maximum Gasteiger partial charge on any atom is 0.408 e. The van der Waals surface area contributed by atoms with Crippen molar-refractivity contribution in [2.45, 2.75) is 70.9 Å². The molecule has 1 aromatic heterocycles. The lowest BCUT2D eigenvalue weighted by Gasteiger charge is -2.29. The van der Waals surface area contributed by atoms with Crippen LogP contribution in [0.3, 0.4) is 0 Å². The van der Waals surface area contributed by atoms with Gasteiger partial charge in [0.15, 0.2) is 0 Å². The molecule has 4 atom stereocenters. The van der Waals surface area contributed by atoms with Crippen molar-refractivity contribution in [3.05, 3.63) is 35.5 Å². The highest BCUT2D eigenvalue weighted by molar-refractivity contribution is 5.91. The first-order chi connectivity index (χ1) is 15.0. The van der Waals surface area contributed by atoms with Crippen molar-refractivity contribution in [1.29, 1.82) is 0 Å². The van der Waals surface area contributed by atoms with Gasteiger partial charge in [-0.25, -0.2) is 4.79 Å². The van der Waals surface area contributed by atoms with Crippen molar-refractivity contribution < 1.29 is 24.2 Å².